The molecule has 1 saturated carbocycles. The molecule has 1 fully saturated rings. The van der Waals surface area contributed by atoms with Crippen LogP contribution in [0.5, 0.6) is 11.5 Å². The predicted octanol–water partition coefficient (Wildman–Crippen LogP) is 4.60. The number of hydrogen-bond acceptors (Lipinski definition) is 5. The van der Waals surface area contributed by atoms with Crippen LogP contribution in [0, 0.1) is 0 Å². The fourth-order valence-electron chi connectivity index (χ4n) is 4.12. The second-order valence-electron chi connectivity index (χ2n) is 7.44. The summed E-state index contributed by atoms with van der Waals surface area (Å²) in [6, 6.07) is 9.46. The van der Waals surface area contributed by atoms with Gasteiger partial charge in [-0.05, 0) is 37.1 Å². The molecule has 1 amide bonds. The molecule has 0 bridgehead atoms. The number of pyridine rings is 2. The first-order valence-electron chi connectivity index (χ1n) is 9.79. The van der Waals surface area contributed by atoms with E-state index in [4.69, 9.17) is 21.1 Å². The van der Waals surface area contributed by atoms with E-state index in [9.17, 15) is 4.79 Å². The van der Waals surface area contributed by atoms with E-state index in [0.29, 0.717) is 28.8 Å². The molecule has 1 aromatic carbocycles. The molecule has 0 radical (unpaired) electrons. The van der Waals surface area contributed by atoms with Crippen molar-refractivity contribution >= 4 is 28.4 Å². The number of halogens is 1. The number of hydrogen-bond donors (Lipinski definition) is 0. The number of fused-ring (bicyclic) bond motifs is 2. The van der Waals surface area contributed by atoms with Crippen molar-refractivity contribution < 1.29 is 14.3 Å². The van der Waals surface area contributed by atoms with E-state index in [1.54, 1.807) is 24.5 Å². The van der Waals surface area contributed by atoms with Crippen LogP contribution in [0.2, 0.25) is 5.15 Å². The van der Waals surface area contributed by atoms with Crippen molar-refractivity contribution in [1.29, 1.82) is 0 Å². The molecule has 6 nitrogen and oxygen atoms in total. The first-order chi connectivity index (χ1) is 14.2. The van der Waals surface area contributed by atoms with E-state index >= 15 is 0 Å². The Kier molecular flexibility index (Phi) is 4.72. The van der Waals surface area contributed by atoms with Gasteiger partial charge in [-0.3, -0.25) is 9.78 Å². The Morgan fingerprint density at radius 2 is 1.83 bits per heavy atom. The number of amides is 1. The van der Waals surface area contributed by atoms with Gasteiger partial charge >= 0.3 is 0 Å². The minimum Gasteiger partial charge on any atom is -0.454 e. The standard InChI is InChI=1S/C22H20ClN3O3/c23-21-16(9-15-10-19-20(29-13-28-19)11-18(15)25-21)12-26(17-3-1-2-4-17)22(27)14-5-7-24-8-6-14/h5-11,17H,1-4,12-13H2. The molecule has 0 saturated heterocycles. The molecule has 29 heavy (non-hydrogen) atoms. The molecule has 0 spiro atoms. The molecule has 1 aliphatic heterocycles. The Labute approximate surface area is 173 Å². The van der Waals surface area contributed by atoms with Gasteiger partial charge in [0.25, 0.3) is 5.91 Å². The average Bonchev–Trinajstić information content (AvgIpc) is 3.42. The van der Waals surface area contributed by atoms with Crippen LogP contribution in [0.25, 0.3) is 10.9 Å². The van der Waals surface area contributed by atoms with Crippen LogP contribution in [-0.2, 0) is 6.54 Å². The summed E-state index contributed by atoms with van der Waals surface area (Å²) in [5.74, 6) is 1.38. The van der Waals surface area contributed by atoms with Gasteiger partial charge in [-0.2, -0.15) is 0 Å². The molecule has 7 heteroatoms. The zero-order valence-electron chi connectivity index (χ0n) is 15.8. The summed E-state index contributed by atoms with van der Waals surface area (Å²) in [6.45, 7) is 0.629. The summed E-state index contributed by atoms with van der Waals surface area (Å²) in [5.41, 5.74) is 2.21. The fourth-order valence-corrected chi connectivity index (χ4v) is 4.33. The summed E-state index contributed by atoms with van der Waals surface area (Å²) < 4.78 is 10.9. The maximum absolute atomic E-state index is 13.3. The molecular formula is C22H20ClN3O3. The highest BCUT2D eigenvalue weighted by Gasteiger charge is 2.28. The van der Waals surface area contributed by atoms with Crippen LogP contribution in [-0.4, -0.2) is 33.6 Å². The number of carbonyl (C=O) groups excluding carboxylic acids is 1. The number of nitrogens with zero attached hydrogens (tertiary/aromatic N) is 3. The third-order valence-electron chi connectivity index (χ3n) is 5.63. The van der Waals surface area contributed by atoms with Crippen molar-refractivity contribution in [3.05, 3.63) is 59.0 Å². The molecule has 0 atom stereocenters. The van der Waals surface area contributed by atoms with Crippen LogP contribution < -0.4 is 9.47 Å². The van der Waals surface area contributed by atoms with Crippen LogP contribution in [0.4, 0.5) is 0 Å². The molecule has 148 valence electrons. The third kappa shape index (κ3) is 3.49. The third-order valence-corrected chi connectivity index (χ3v) is 5.96. The quantitative estimate of drug-likeness (QED) is 0.589. The number of ether oxygens (including phenoxy) is 2. The highest BCUT2D eigenvalue weighted by Crippen LogP contribution is 2.37. The maximum Gasteiger partial charge on any atom is 0.254 e. The Hall–Kier alpha value is -2.86. The Bertz CT molecular complexity index is 1070. The summed E-state index contributed by atoms with van der Waals surface area (Å²) in [7, 11) is 0. The minimum atomic E-state index is 0.00107. The summed E-state index contributed by atoms with van der Waals surface area (Å²) in [6.07, 6.45) is 7.58. The number of benzene rings is 1. The molecule has 3 aromatic rings. The number of aromatic nitrogens is 2. The zero-order chi connectivity index (χ0) is 19.8. The molecular weight excluding hydrogens is 390 g/mol. The van der Waals surface area contributed by atoms with E-state index < -0.39 is 0 Å². The second-order valence-corrected chi connectivity index (χ2v) is 7.80. The van der Waals surface area contributed by atoms with Crippen molar-refractivity contribution in [2.45, 2.75) is 38.3 Å². The van der Waals surface area contributed by atoms with Gasteiger partial charge in [0.1, 0.15) is 5.15 Å². The van der Waals surface area contributed by atoms with Gasteiger partial charge in [-0.15, -0.1) is 0 Å². The lowest BCUT2D eigenvalue weighted by Crippen LogP contribution is -2.38. The molecule has 0 N–H and O–H groups in total. The molecule has 1 aliphatic carbocycles. The van der Waals surface area contributed by atoms with Gasteiger partial charge in [0.2, 0.25) is 6.79 Å². The van der Waals surface area contributed by atoms with Crippen LogP contribution in [0.1, 0.15) is 41.6 Å². The van der Waals surface area contributed by atoms with Gasteiger partial charge in [-0.25, -0.2) is 4.98 Å². The molecule has 2 aliphatic rings. The minimum absolute atomic E-state index is 0.00107. The van der Waals surface area contributed by atoms with E-state index in [-0.39, 0.29) is 18.7 Å². The van der Waals surface area contributed by atoms with Gasteiger partial charge in [0, 0.05) is 47.6 Å². The lowest BCUT2D eigenvalue weighted by Gasteiger charge is -2.29. The molecule has 5 rings (SSSR count). The second kappa shape index (κ2) is 7.52. The topological polar surface area (TPSA) is 64.6 Å². The SMILES string of the molecule is O=C(c1ccncc1)N(Cc1cc2cc3c(cc2nc1Cl)OCO3)C1CCCC1. The lowest BCUT2D eigenvalue weighted by molar-refractivity contribution is 0.0664. The van der Waals surface area contributed by atoms with Crippen molar-refractivity contribution in [2.24, 2.45) is 0 Å². The van der Waals surface area contributed by atoms with Crippen LogP contribution >= 0.6 is 11.6 Å². The monoisotopic (exact) mass is 409 g/mol. The van der Waals surface area contributed by atoms with Crippen molar-refractivity contribution in [3.8, 4) is 11.5 Å². The van der Waals surface area contributed by atoms with E-state index in [0.717, 1.165) is 42.1 Å². The van der Waals surface area contributed by atoms with E-state index in [2.05, 4.69) is 9.97 Å². The first kappa shape index (κ1) is 18.2. The Morgan fingerprint density at radius 3 is 2.59 bits per heavy atom. The van der Waals surface area contributed by atoms with Gasteiger partial charge < -0.3 is 14.4 Å². The zero-order valence-corrected chi connectivity index (χ0v) is 16.6. The Morgan fingerprint density at radius 1 is 1.10 bits per heavy atom. The predicted molar refractivity (Wildman–Crippen MR) is 109 cm³/mol. The summed E-state index contributed by atoms with van der Waals surface area (Å²) in [4.78, 5) is 23.8. The smallest absolute Gasteiger partial charge is 0.254 e. The van der Waals surface area contributed by atoms with Crippen LogP contribution in [0.3, 0.4) is 0 Å². The first-order valence-corrected chi connectivity index (χ1v) is 10.2. The van der Waals surface area contributed by atoms with Crippen LogP contribution in [0.15, 0.2) is 42.7 Å². The largest absolute Gasteiger partial charge is 0.454 e. The molecule has 0 unspecified atom stereocenters. The van der Waals surface area contributed by atoms with Crippen molar-refractivity contribution in [3.63, 3.8) is 0 Å². The molecule has 3 heterocycles. The van der Waals surface area contributed by atoms with Gasteiger partial charge in [0.05, 0.1) is 5.52 Å². The number of rotatable bonds is 4. The maximum atomic E-state index is 13.3. The summed E-state index contributed by atoms with van der Waals surface area (Å²) >= 11 is 6.52. The average molecular weight is 410 g/mol. The normalized spacial score (nSPS) is 15.8. The summed E-state index contributed by atoms with van der Waals surface area (Å²) in [5, 5.41) is 1.32. The van der Waals surface area contributed by atoms with Gasteiger partial charge in [0.15, 0.2) is 11.5 Å². The lowest BCUT2D eigenvalue weighted by atomic mass is 10.1. The molecule has 2 aromatic heterocycles. The number of carbonyl (C=O) groups is 1. The van der Waals surface area contributed by atoms with E-state index in [1.807, 2.05) is 23.1 Å². The highest BCUT2D eigenvalue weighted by molar-refractivity contribution is 6.30. The van der Waals surface area contributed by atoms with E-state index in [1.165, 1.54) is 0 Å². The van der Waals surface area contributed by atoms with Gasteiger partial charge in [-0.1, -0.05) is 24.4 Å². The van der Waals surface area contributed by atoms with Crippen molar-refractivity contribution in [1.82, 2.24) is 14.9 Å². The fraction of sp³-hybridized carbons (Fsp3) is 0.318. The Balaban J connectivity index is 1.51. The van der Waals surface area contributed by atoms with Crippen molar-refractivity contribution in [2.75, 3.05) is 6.79 Å². The highest BCUT2D eigenvalue weighted by atomic mass is 35.5.